The molecule has 2 atom stereocenters. The maximum atomic E-state index is 4.64. The number of guanidine groups is 1. The van der Waals surface area contributed by atoms with Crippen molar-refractivity contribution in [1.82, 2.24) is 10.6 Å². The van der Waals surface area contributed by atoms with Gasteiger partial charge in [0, 0.05) is 24.4 Å². The first-order chi connectivity index (χ1) is 8.80. The summed E-state index contributed by atoms with van der Waals surface area (Å²) in [6.07, 6.45) is 9.42. The average molecular weight is 417 g/mol. The van der Waals surface area contributed by atoms with Crippen molar-refractivity contribution in [3.63, 3.8) is 0 Å². The quantitative estimate of drug-likeness (QED) is 0.289. The Labute approximate surface area is 143 Å². The van der Waals surface area contributed by atoms with Gasteiger partial charge in [-0.05, 0) is 50.9 Å². The molecule has 0 aliphatic heterocycles. The Morgan fingerprint density at radius 1 is 1.32 bits per heavy atom. The summed E-state index contributed by atoms with van der Waals surface area (Å²) in [4.78, 5) is 4.64. The van der Waals surface area contributed by atoms with Crippen LogP contribution in [0.25, 0.3) is 0 Å². The number of aliphatic imine (C=N–C) groups is 1. The van der Waals surface area contributed by atoms with Crippen LogP contribution in [0.1, 0.15) is 32.6 Å². The molecule has 0 aromatic rings. The van der Waals surface area contributed by atoms with E-state index in [-0.39, 0.29) is 24.0 Å². The molecule has 0 spiro atoms. The van der Waals surface area contributed by atoms with Crippen molar-refractivity contribution >= 4 is 53.5 Å². The summed E-state index contributed by atoms with van der Waals surface area (Å²) in [5.74, 6) is 2.20. The van der Waals surface area contributed by atoms with Gasteiger partial charge in [0.05, 0.1) is 0 Å². The molecule has 3 nitrogen and oxygen atoms in total. The summed E-state index contributed by atoms with van der Waals surface area (Å²) in [6, 6.07) is 0.612. The van der Waals surface area contributed by atoms with Gasteiger partial charge in [-0.2, -0.15) is 23.5 Å². The molecule has 1 aliphatic rings. The van der Waals surface area contributed by atoms with Crippen LogP contribution in [-0.4, -0.2) is 48.6 Å². The topological polar surface area (TPSA) is 36.4 Å². The van der Waals surface area contributed by atoms with E-state index in [4.69, 9.17) is 0 Å². The second-order valence-corrected chi connectivity index (χ2v) is 6.74. The van der Waals surface area contributed by atoms with Crippen LogP contribution >= 0.6 is 47.5 Å². The number of hydrogen-bond acceptors (Lipinski definition) is 3. The number of hydrogen-bond donors (Lipinski definition) is 2. The molecule has 6 heteroatoms. The van der Waals surface area contributed by atoms with E-state index >= 15 is 0 Å². The fourth-order valence-electron chi connectivity index (χ4n) is 2.20. The van der Waals surface area contributed by atoms with Crippen LogP contribution in [0.15, 0.2) is 4.99 Å². The predicted octanol–water partition coefficient (Wildman–Crippen LogP) is 3.20. The van der Waals surface area contributed by atoms with Gasteiger partial charge in [0.1, 0.15) is 0 Å². The predicted molar refractivity (Wildman–Crippen MR) is 102 cm³/mol. The first kappa shape index (κ1) is 19.7. The lowest BCUT2D eigenvalue weighted by atomic mass is 10.2. The molecule has 0 radical (unpaired) electrons. The van der Waals surface area contributed by atoms with Gasteiger partial charge in [0.25, 0.3) is 0 Å². The molecular formula is C13H28IN3S2. The number of rotatable bonds is 7. The van der Waals surface area contributed by atoms with E-state index in [0.717, 1.165) is 30.7 Å². The minimum Gasteiger partial charge on any atom is -0.357 e. The monoisotopic (exact) mass is 417 g/mol. The summed E-state index contributed by atoms with van der Waals surface area (Å²) in [5, 5.41) is 7.76. The average Bonchev–Trinajstić information content (AvgIpc) is 2.82. The molecule has 1 saturated carbocycles. The second kappa shape index (κ2) is 12.4. The van der Waals surface area contributed by atoms with Crippen LogP contribution in [0.5, 0.6) is 0 Å². The number of nitrogens with one attached hydrogen (secondary N) is 2. The third kappa shape index (κ3) is 8.55. The Hall–Kier alpha value is 0.700. The Balaban J connectivity index is 0.00000324. The lowest BCUT2D eigenvalue weighted by molar-refractivity contribution is 0.615. The summed E-state index contributed by atoms with van der Waals surface area (Å²) in [5.41, 5.74) is 0. The molecule has 2 unspecified atom stereocenters. The zero-order valence-electron chi connectivity index (χ0n) is 12.3. The molecule has 1 fully saturated rings. The van der Waals surface area contributed by atoms with Gasteiger partial charge >= 0.3 is 0 Å². The van der Waals surface area contributed by atoms with Crippen molar-refractivity contribution in [3.05, 3.63) is 0 Å². The molecule has 0 heterocycles. The minimum absolute atomic E-state index is 0. The van der Waals surface area contributed by atoms with Gasteiger partial charge in [-0.25, -0.2) is 0 Å². The van der Waals surface area contributed by atoms with E-state index in [2.05, 4.69) is 35.1 Å². The Kier molecular flexibility index (Phi) is 12.9. The highest BCUT2D eigenvalue weighted by Gasteiger charge is 2.24. The molecule has 0 aromatic carbocycles. The van der Waals surface area contributed by atoms with Crippen LogP contribution in [0.4, 0.5) is 0 Å². The van der Waals surface area contributed by atoms with Crippen molar-refractivity contribution < 1.29 is 0 Å². The molecule has 114 valence electrons. The summed E-state index contributed by atoms with van der Waals surface area (Å²) in [6.45, 7) is 3.99. The van der Waals surface area contributed by atoms with E-state index in [9.17, 15) is 0 Å². The highest BCUT2D eigenvalue weighted by molar-refractivity contribution is 14.0. The summed E-state index contributed by atoms with van der Waals surface area (Å²) in [7, 11) is 0. The van der Waals surface area contributed by atoms with Crippen molar-refractivity contribution in [1.29, 1.82) is 0 Å². The smallest absolute Gasteiger partial charge is 0.191 e. The van der Waals surface area contributed by atoms with Crippen molar-refractivity contribution in [2.24, 2.45) is 4.99 Å². The minimum atomic E-state index is 0. The van der Waals surface area contributed by atoms with Gasteiger partial charge in [0.2, 0.25) is 0 Å². The molecule has 0 bridgehead atoms. The van der Waals surface area contributed by atoms with Crippen molar-refractivity contribution in [3.8, 4) is 0 Å². The van der Waals surface area contributed by atoms with E-state index in [1.54, 1.807) is 0 Å². The van der Waals surface area contributed by atoms with Crippen LogP contribution in [0.2, 0.25) is 0 Å². The number of thioether (sulfide) groups is 2. The van der Waals surface area contributed by atoms with E-state index < -0.39 is 0 Å². The maximum absolute atomic E-state index is 4.64. The molecule has 1 aliphatic carbocycles. The van der Waals surface area contributed by atoms with E-state index in [1.807, 2.05) is 23.5 Å². The van der Waals surface area contributed by atoms with E-state index in [1.165, 1.54) is 25.0 Å². The number of nitrogens with zero attached hydrogens (tertiary/aromatic N) is 1. The molecule has 2 N–H and O–H groups in total. The zero-order valence-corrected chi connectivity index (χ0v) is 16.2. The summed E-state index contributed by atoms with van der Waals surface area (Å²) >= 11 is 3.89. The third-order valence-corrected chi connectivity index (χ3v) is 4.97. The lowest BCUT2D eigenvalue weighted by Gasteiger charge is -2.17. The molecule has 0 saturated heterocycles. The van der Waals surface area contributed by atoms with Gasteiger partial charge in [-0.3, -0.25) is 4.99 Å². The second-order valence-electron chi connectivity index (χ2n) is 4.62. The Bertz CT molecular complexity index is 252. The van der Waals surface area contributed by atoms with Gasteiger partial charge in [-0.1, -0.05) is 0 Å². The van der Waals surface area contributed by atoms with Crippen LogP contribution in [0, 0.1) is 0 Å². The van der Waals surface area contributed by atoms with Crippen molar-refractivity contribution in [2.45, 2.75) is 43.9 Å². The largest absolute Gasteiger partial charge is 0.357 e. The highest BCUT2D eigenvalue weighted by atomic mass is 127. The zero-order chi connectivity index (χ0) is 13.2. The lowest BCUT2D eigenvalue weighted by Crippen LogP contribution is -2.42. The van der Waals surface area contributed by atoms with Gasteiger partial charge in [-0.15, -0.1) is 24.0 Å². The summed E-state index contributed by atoms with van der Waals surface area (Å²) < 4.78 is 0. The van der Waals surface area contributed by atoms with Crippen molar-refractivity contribution in [2.75, 3.05) is 31.4 Å². The Morgan fingerprint density at radius 3 is 2.68 bits per heavy atom. The first-order valence-electron chi connectivity index (χ1n) is 6.86. The van der Waals surface area contributed by atoms with Crippen LogP contribution < -0.4 is 10.6 Å². The van der Waals surface area contributed by atoms with E-state index in [0.29, 0.717) is 6.04 Å². The third-order valence-electron chi connectivity index (χ3n) is 3.18. The first-order valence-corrected chi connectivity index (χ1v) is 9.54. The van der Waals surface area contributed by atoms with Crippen LogP contribution in [0.3, 0.4) is 0 Å². The molecule has 0 amide bonds. The fourth-order valence-corrected chi connectivity index (χ4v) is 3.41. The molecular weight excluding hydrogens is 389 g/mol. The molecule has 0 aromatic heterocycles. The number of halogens is 1. The maximum Gasteiger partial charge on any atom is 0.191 e. The Morgan fingerprint density at radius 2 is 2.11 bits per heavy atom. The molecule has 1 rings (SSSR count). The van der Waals surface area contributed by atoms with Gasteiger partial charge in [0.15, 0.2) is 5.96 Å². The normalized spacial score (nSPS) is 23.0. The standard InChI is InChI=1S/C13H27N3S2.HI/c1-4-14-13(15-8-5-9-17-2)16-11-6-7-12(10-11)18-3;/h11-12H,4-10H2,1-3H3,(H2,14,15,16);1H. The SMILES string of the molecule is CCNC(=NCCCSC)NC1CCC(SC)C1.I. The fraction of sp³-hybridized carbons (Fsp3) is 0.923. The van der Waals surface area contributed by atoms with Gasteiger partial charge < -0.3 is 10.6 Å². The highest BCUT2D eigenvalue weighted by Crippen LogP contribution is 2.27. The van der Waals surface area contributed by atoms with Crippen LogP contribution in [-0.2, 0) is 0 Å². The molecule has 19 heavy (non-hydrogen) atoms.